The Hall–Kier alpha value is -3.20. The van der Waals surface area contributed by atoms with Crippen LogP contribution in [0, 0.1) is 0 Å². The number of halogens is 2. The summed E-state index contributed by atoms with van der Waals surface area (Å²) in [5, 5.41) is 12.5. The summed E-state index contributed by atoms with van der Waals surface area (Å²) in [6.07, 6.45) is 5.17. The first-order chi connectivity index (χ1) is 16.0. The van der Waals surface area contributed by atoms with E-state index in [1.165, 1.54) is 0 Å². The van der Waals surface area contributed by atoms with Gasteiger partial charge in [0, 0.05) is 23.9 Å². The van der Waals surface area contributed by atoms with E-state index in [2.05, 4.69) is 20.6 Å². The zero-order chi connectivity index (χ0) is 22.9. The monoisotopic (exact) mass is 481 g/mol. The second kappa shape index (κ2) is 8.97. The first-order valence-corrected chi connectivity index (χ1v) is 11.3. The smallest absolute Gasteiger partial charge is 0.256 e. The molecule has 0 unspecified atom stereocenters. The average Bonchev–Trinajstić information content (AvgIpc) is 3.24. The number of hydrogen-bond donors (Lipinski definition) is 3. The summed E-state index contributed by atoms with van der Waals surface area (Å²) in [6, 6.07) is 10.5. The number of amides is 1. The van der Waals surface area contributed by atoms with Gasteiger partial charge in [0.25, 0.3) is 5.91 Å². The molecule has 1 aliphatic rings. The molecule has 0 saturated carbocycles. The molecular weight excluding hydrogens is 461 g/mol. The SMILES string of the molecule is Nc1ncc(Cl)c2c1c(-c1ccc(C(=O)Nc3ccccn3)cc1Cl)nn2[C@@H]1CCCNC1. The summed E-state index contributed by atoms with van der Waals surface area (Å²) < 4.78 is 1.93. The Labute approximate surface area is 200 Å². The fraction of sp³-hybridized carbons (Fsp3) is 0.217. The van der Waals surface area contributed by atoms with E-state index in [-0.39, 0.29) is 11.9 Å². The molecule has 1 aliphatic heterocycles. The van der Waals surface area contributed by atoms with E-state index >= 15 is 0 Å². The maximum absolute atomic E-state index is 12.7. The molecule has 1 fully saturated rings. The van der Waals surface area contributed by atoms with Crippen LogP contribution in [-0.4, -0.2) is 38.7 Å². The molecule has 168 valence electrons. The quantitative estimate of drug-likeness (QED) is 0.393. The van der Waals surface area contributed by atoms with E-state index < -0.39 is 0 Å². The van der Waals surface area contributed by atoms with E-state index in [1.807, 2.05) is 4.68 Å². The minimum Gasteiger partial charge on any atom is -0.383 e. The number of anilines is 2. The first kappa shape index (κ1) is 21.6. The number of fused-ring (bicyclic) bond motifs is 1. The fourth-order valence-electron chi connectivity index (χ4n) is 4.13. The molecule has 10 heteroatoms. The van der Waals surface area contributed by atoms with Crippen LogP contribution >= 0.6 is 23.2 Å². The van der Waals surface area contributed by atoms with Crippen molar-refractivity contribution in [1.29, 1.82) is 0 Å². The third kappa shape index (κ3) is 4.13. The number of pyridine rings is 2. The Morgan fingerprint density at radius 2 is 2.06 bits per heavy atom. The zero-order valence-electron chi connectivity index (χ0n) is 17.6. The number of rotatable bonds is 4. The van der Waals surface area contributed by atoms with Crippen LogP contribution in [0.2, 0.25) is 10.0 Å². The summed E-state index contributed by atoms with van der Waals surface area (Å²) in [7, 11) is 0. The second-order valence-electron chi connectivity index (χ2n) is 7.87. The maximum Gasteiger partial charge on any atom is 0.256 e. The molecule has 1 amide bonds. The first-order valence-electron chi connectivity index (χ1n) is 10.6. The largest absolute Gasteiger partial charge is 0.383 e. The molecular formula is C23H21Cl2N7O. The van der Waals surface area contributed by atoms with Crippen molar-refractivity contribution in [2.24, 2.45) is 0 Å². The number of nitrogens with two attached hydrogens (primary N) is 1. The number of aromatic nitrogens is 4. The minimum absolute atomic E-state index is 0.136. The lowest BCUT2D eigenvalue weighted by Gasteiger charge is -2.24. The Morgan fingerprint density at radius 3 is 2.79 bits per heavy atom. The highest BCUT2D eigenvalue weighted by Crippen LogP contribution is 2.39. The van der Waals surface area contributed by atoms with E-state index in [4.69, 9.17) is 34.0 Å². The topological polar surface area (TPSA) is 111 Å². The summed E-state index contributed by atoms with van der Waals surface area (Å²) in [4.78, 5) is 21.0. The summed E-state index contributed by atoms with van der Waals surface area (Å²) >= 11 is 13.2. The molecule has 1 atom stereocenters. The number of carbonyl (C=O) groups excluding carboxylic acids is 1. The van der Waals surface area contributed by atoms with Crippen molar-refractivity contribution in [2.45, 2.75) is 18.9 Å². The molecule has 0 radical (unpaired) electrons. The van der Waals surface area contributed by atoms with Crippen molar-refractivity contribution >= 4 is 51.6 Å². The van der Waals surface area contributed by atoms with Crippen molar-refractivity contribution in [3.05, 3.63) is 64.4 Å². The van der Waals surface area contributed by atoms with Crippen molar-refractivity contribution in [3.63, 3.8) is 0 Å². The molecule has 1 aromatic carbocycles. The van der Waals surface area contributed by atoms with Gasteiger partial charge in [-0.05, 0) is 43.7 Å². The number of nitrogen functional groups attached to an aromatic ring is 1. The molecule has 8 nitrogen and oxygen atoms in total. The van der Waals surface area contributed by atoms with Crippen LogP contribution in [0.25, 0.3) is 22.2 Å². The van der Waals surface area contributed by atoms with Crippen molar-refractivity contribution in [1.82, 2.24) is 25.1 Å². The molecule has 33 heavy (non-hydrogen) atoms. The highest BCUT2D eigenvalue weighted by Gasteiger charge is 2.25. The Balaban J connectivity index is 1.56. The van der Waals surface area contributed by atoms with Gasteiger partial charge < -0.3 is 16.4 Å². The van der Waals surface area contributed by atoms with Gasteiger partial charge in [0.05, 0.1) is 33.2 Å². The minimum atomic E-state index is -0.310. The van der Waals surface area contributed by atoms with E-state index in [1.54, 1.807) is 48.8 Å². The average molecular weight is 482 g/mol. The predicted molar refractivity (Wildman–Crippen MR) is 131 cm³/mol. The lowest BCUT2D eigenvalue weighted by molar-refractivity contribution is 0.102. The summed E-state index contributed by atoms with van der Waals surface area (Å²) in [5.41, 5.74) is 8.64. The van der Waals surface area contributed by atoms with Gasteiger partial charge in [-0.1, -0.05) is 35.3 Å². The standard InChI is InChI=1S/C23H21Cl2N7O/c24-16-10-13(23(33)30-18-5-1-2-9-28-18)6-7-15(16)20-19-21(17(25)12-29-22(19)26)32(31-20)14-4-3-8-27-11-14/h1-2,5-7,9-10,12,14,27H,3-4,8,11H2,(H2,26,29)(H,28,30,33)/t14-/m1/s1. The van der Waals surface area contributed by atoms with Crippen LogP contribution in [0.5, 0.6) is 0 Å². The Morgan fingerprint density at radius 1 is 1.18 bits per heavy atom. The summed E-state index contributed by atoms with van der Waals surface area (Å²) in [6.45, 7) is 1.77. The normalized spacial score (nSPS) is 16.1. The van der Waals surface area contributed by atoms with E-state index in [0.717, 1.165) is 31.4 Å². The van der Waals surface area contributed by atoms with Crippen LogP contribution in [0.4, 0.5) is 11.6 Å². The van der Waals surface area contributed by atoms with Crippen LogP contribution in [0.1, 0.15) is 29.2 Å². The number of carbonyl (C=O) groups is 1. The van der Waals surface area contributed by atoms with Gasteiger partial charge in [-0.25, -0.2) is 9.97 Å². The second-order valence-corrected chi connectivity index (χ2v) is 8.69. The number of nitrogens with zero attached hydrogens (tertiary/aromatic N) is 4. The fourth-order valence-corrected chi connectivity index (χ4v) is 4.63. The molecule has 5 rings (SSSR count). The number of hydrogen-bond acceptors (Lipinski definition) is 6. The lowest BCUT2D eigenvalue weighted by atomic mass is 10.1. The molecule has 4 aromatic rings. The van der Waals surface area contributed by atoms with Crippen molar-refractivity contribution in [3.8, 4) is 11.3 Å². The third-order valence-corrected chi connectivity index (χ3v) is 6.31. The number of benzene rings is 1. The molecule has 0 aliphatic carbocycles. The Bertz CT molecular complexity index is 1330. The van der Waals surface area contributed by atoms with Gasteiger partial charge in [0.15, 0.2) is 0 Å². The molecule has 3 aromatic heterocycles. The Kier molecular flexibility index (Phi) is 5.88. The van der Waals surface area contributed by atoms with Crippen LogP contribution in [-0.2, 0) is 0 Å². The van der Waals surface area contributed by atoms with E-state index in [0.29, 0.717) is 43.9 Å². The van der Waals surface area contributed by atoms with Crippen LogP contribution in [0.15, 0.2) is 48.8 Å². The van der Waals surface area contributed by atoms with Gasteiger partial charge in [-0.2, -0.15) is 5.10 Å². The molecule has 0 spiro atoms. The number of piperidine rings is 1. The molecule has 0 bridgehead atoms. The highest BCUT2D eigenvalue weighted by molar-refractivity contribution is 6.36. The molecule has 4 N–H and O–H groups in total. The van der Waals surface area contributed by atoms with Gasteiger partial charge in [-0.15, -0.1) is 0 Å². The van der Waals surface area contributed by atoms with Gasteiger partial charge in [-0.3, -0.25) is 9.48 Å². The molecule has 4 heterocycles. The van der Waals surface area contributed by atoms with E-state index in [9.17, 15) is 4.79 Å². The third-order valence-electron chi connectivity index (χ3n) is 5.72. The van der Waals surface area contributed by atoms with Crippen LogP contribution in [0.3, 0.4) is 0 Å². The van der Waals surface area contributed by atoms with Crippen molar-refractivity contribution in [2.75, 3.05) is 24.1 Å². The summed E-state index contributed by atoms with van der Waals surface area (Å²) in [5.74, 6) is 0.476. The van der Waals surface area contributed by atoms with Gasteiger partial charge in [0.1, 0.15) is 17.3 Å². The van der Waals surface area contributed by atoms with Gasteiger partial charge in [0.2, 0.25) is 0 Å². The van der Waals surface area contributed by atoms with Crippen LogP contribution < -0.4 is 16.4 Å². The maximum atomic E-state index is 12.7. The van der Waals surface area contributed by atoms with Gasteiger partial charge >= 0.3 is 0 Å². The number of nitrogens with one attached hydrogen (secondary N) is 2. The lowest BCUT2D eigenvalue weighted by Crippen LogP contribution is -2.32. The zero-order valence-corrected chi connectivity index (χ0v) is 19.1. The highest BCUT2D eigenvalue weighted by atomic mass is 35.5. The predicted octanol–water partition coefficient (Wildman–Crippen LogP) is 4.56. The molecule has 1 saturated heterocycles. The van der Waals surface area contributed by atoms with Crippen molar-refractivity contribution < 1.29 is 4.79 Å².